The maximum Gasteiger partial charge on any atom is 0.412 e. The molecule has 1 amide bonds. The Hall–Kier alpha value is -1.66. The summed E-state index contributed by atoms with van der Waals surface area (Å²) < 4.78 is 3.96. The molecule has 0 unspecified atom stereocenters. The highest BCUT2D eigenvalue weighted by Crippen LogP contribution is 1.86. The van der Waals surface area contributed by atoms with Gasteiger partial charge in [0.1, 0.15) is 0 Å². The third-order valence-corrected chi connectivity index (χ3v) is 0.614. The number of hydrogen-bond donors (Lipinski definition) is 2. The zero-order chi connectivity index (χ0) is 8.15. The minimum Gasteiger partial charge on any atom is -0.375 e. The molecule has 0 spiro atoms. The van der Waals surface area contributed by atoms with Crippen molar-refractivity contribution in [2.24, 2.45) is 11.0 Å². The van der Waals surface area contributed by atoms with Crippen molar-refractivity contribution >= 4 is 12.1 Å². The summed E-state index contributed by atoms with van der Waals surface area (Å²) in [4.78, 5) is 19.5. The Balaban J connectivity index is 3.84. The Labute approximate surface area is 56.2 Å². The van der Waals surface area contributed by atoms with Crippen LogP contribution in [0.5, 0.6) is 0 Å². The molecule has 0 rings (SSSR count). The van der Waals surface area contributed by atoms with Gasteiger partial charge in [-0.1, -0.05) is 0 Å². The molecular weight excluding hydrogens is 140 g/mol. The summed E-state index contributed by atoms with van der Waals surface area (Å²) in [5.41, 5.74) is 4.51. The lowest BCUT2D eigenvalue weighted by Gasteiger charge is -2.06. The number of nitrogens with two attached hydrogens (primary N) is 1. The predicted octanol–water partition coefficient (Wildman–Crippen LogP) is -0.370. The van der Waals surface area contributed by atoms with E-state index in [4.69, 9.17) is 5.41 Å². The fraction of sp³-hybridized carbons (Fsp3) is 0.333. The Morgan fingerprint density at radius 1 is 1.80 bits per heavy atom. The van der Waals surface area contributed by atoms with Crippen LogP contribution in [0.4, 0.5) is 4.79 Å². The number of primary amides is 1. The third-order valence-electron chi connectivity index (χ3n) is 0.614. The van der Waals surface area contributed by atoms with Crippen LogP contribution in [0, 0.1) is 10.3 Å². The minimum absolute atomic E-state index is 0.519. The first kappa shape index (κ1) is 8.34. The van der Waals surface area contributed by atoms with Crippen molar-refractivity contribution in [3.05, 3.63) is 4.91 Å². The van der Waals surface area contributed by atoms with Crippen LogP contribution >= 0.6 is 0 Å². The second-order valence-corrected chi connectivity index (χ2v) is 1.33. The molecule has 0 aromatic rings. The van der Waals surface area contributed by atoms with Gasteiger partial charge in [-0.15, -0.1) is 4.91 Å². The normalized spacial score (nSPS) is 8.10. The molecule has 7 nitrogen and oxygen atoms in total. The molecule has 0 saturated carbocycles. The molecule has 10 heavy (non-hydrogen) atoms. The number of amides is 1. The predicted molar refractivity (Wildman–Crippen MR) is 32.0 cm³/mol. The molecule has 0 aliphatic carbocycles. The lowest BCUT2D eigenvalue weighted by molar-refractivity contribution is 0.197. The summed E-state index contributed by atoms with van der Waals surface area (Å²) in [6.45, 7) is 0. The molecule has 0 bridgehead atoms. The molecule has 56 valence electrons. The third kappa shape index (κ3) is 2.60. The Kier molecular flexibility index (Phi) is 2.82. The smallest absolute Gasteiger partial charge is 0.375 e. The van der Waals surface area contributed by atoms with Crippen molar-refractivity contribution in [2.75, 3.05) is 7.05 Å². The number of rotatable bonds is 1. The molecule has 7 heteroatoms. The molecule has 3 N–H and O–H groups in total. The van der Waals surface area contributed by atoms with Crippen LogP contribution in [-0.4, -0.2) is 24.2 Å². The SMILES string of the molecule is CN(N=O)C(=N)OC(N)=O. The second-order valence-electron chi connectivity index (χ2n) is 1.33. The summed E-state index contributed by atoms with van der Waals surface area (Å²) in [6, 6.07) is -0.706. The summed E-state index contributed by atoms with van der Waals surface area (Å²) in [5.74, 6) is 0. The van der Waals surface area contributed by atoms with Crippen LogP contribution in [0.3, 0.4) is 0 Å². The topological polar surface area (TPSA) is 109 Å². The Morgan fingerprint density at radius 3 is 2.60 bits per heavy atom. The first-order valence-corrected chi connectivity index (χ1v) is 2.20. The number of carbonyl (C=O) groups is 1. The van der Waals surface area contributed by atoms with Crippen LogP contribution in [0.2, 0.25) is 0 Å². The second kappa shape index (κ2) is 3.38. The first-order valence-electron chi connectivity index (χ1n) is 2.20. The summed E-state index contributed by atoms with van der Waals surface area (Å²) in [7, 11) is 1.15. The van der Waals surface area contributed by atoms with Gasteiger partial charge in [-0.3, -0.25) is 0 Å². The number of nitrogens with zero attached hydrogens (tertiary/aromatic N) is 2. The van der Waals surface area contributed by atoms with Gasteiger partial charge in [0.15, 0.2) is 0 Å². The average molecular weight is 146 g/mol. The highest BCUT2D eigenvalue weighted by molar-refractivity contribution is 5.83. The highest BCUT2D eigenvalue weighted by atomic mass is 16.6. The van der Waals surface area contributed by atoms with E-state index in [2.05, 4.69) is 15.8 Å². The van der Waals surface area contributed by atoms with Crippen molar-refractivity contribution in [3.8, 4) is 0 Å². The van der Waals surface area contributed by atoms with Gasteiger partial charge in [-0.2, -0.15) is 5.01 Å². The van der Waals surface area contributed by atoms with Crippen molar-refractivity contribution < 1.29 is 9.53 Å². The van der Waals surface area contributed by atoms with Crippen molar-refractivity contribution in [3.63, 3.8) is 0 Å². The maximum absolute atomic E-state index is 9.92. The van der Waals surface area contributed by atoms with E-state index in [0.717, 1.165) is 7.05 Å². The molecule has 0 aliphatic heterocycles. The van der Waals surface area contributed by atoms with E-state index in [1.165, 1.54) is 0 Å². The minimum atomic E-state index is -1.15. The van der Waals surface area contributed by atoms with Crippen LogP contribution in [-0.2, 0) is 4.74 Å². The van der Waals surface area contributed by atoms with E-state index in [9.17, 15) is 9.70 Å². The largest absolute Gasteiger partial charge is 0.412 e. The number of nitroso groups, excluding NO2 is 1. The van der Waals surface area contributed by atoms with Gasteiger partial charge >= 0.3 is 12.1 Å². The fourth-order valence-corrected chi connectivity index (χ4v) is 0.198. The van der Waals surface area contributed by atoms with Gasteiger partial charge in [-0.25, -0.2) is 10.2 Å². The maximum atomic E-state index is 9.92. The van der Waals surface area contributed by atoms with Crippen LogP contribution in [0.25, 0.3) is 0 Å². The van der Waals surface area contributed by atoms with Gasteiger partial charge in [0, 0.05) is 7.05 Å². The summed E-state index contributed by atoms with van der Waals surface area (Å²) >= 11 is 0. The Morgan fingerprint density at radius 2 is 2.30 bits per heavy atom. The number of nitrogens with one attached hydrogen (secondary N) is 1. The molecule has 0 aromatic carbocycles. The van der Waals surface area contributed by atoms with Gasteiger partial charge in [0.25, 0.3) is 0 Å². The van der Waals surface area contributed by atoms with Crippen LogP contribution in [0.1, 0.15) is 0 Å². The first-order chi connectivity index (χ1) is 4.57. The van der Waals surface area contributed by atoms with E-state index in [-0.39, 0.29) is 0 Å². The summed E-state index contributed by atoms with van der Waals surface area (Å²) in [5, 5.41) is 9.52. The van der Waals surface area contributed by atoms with Crippen LogP contribution in [0.15, 0.2) is 5.29 Å². The van der Waals surface area contributed by atoms with Crippen molar-refractivity contribution in [1.29, 1.82) is 5.41 Å². The van der Waals surface area contributed by atoms with Gasteiger partial charge in [-0.05, 0) is 0 Å². The molecule has 0 aromatic heterocycles. The zero-order valence-corrected chi connectivity index (χ0v) is 5.20. The lowest BCUT2D eigenvalue weighted by Crippen LogP contribution is -2.27. The van der Waals surface area contributed by atoms with Gasteiger partial charge < -0.3 is 10.5 Å². The highest BCUT2D eigenvalue weighted by Gasteiger charge is 2.07. The van der Waals surface area contributed by atoms with Crippen molar-refractivity contribution in [2.45, 2.75) is 0 Å². The van der Waals surface area contributed by atoms with Gasteiger partial charge in [0.05, 0.1) is 5.29 Å². The Bertz CT molecular complexity index is 167. The van der Waals surface area contributed by atoms with Crippen LogP contribution < -0.4 is 5.73 Å². The van der Waals surface area contributed by atoms with E-state index < -0.39 is 12.1 Å². The zero-order valence-electron chi connectivity index (χ0n) is 5.20. The number of amidine groups is 1. The summed E-state index contributed by atoms with van der Waals surface area (Å²) in [6.07, 6.45) is -1.15. The quantitative estimate of drug-likeness (QED) is 0.227. The van der Waals surface area contributed by atoms with E-state index in [0.29, 0.717) is 5.01 Å². The number of carbonyl (C=O) groups excluding carboxylic acids is 1. The van der Waals surface area contributed by atoms with E-state index in [1.54, 1.807) is 0 Å². The molecule has 0 aliphatic rings. The number of hydrogen-bond acceptors (Lipinski definition) is 5. The van der Waals surface area contributed by atoms with E-state index >= 15 is 0 Å². The monoisotopic (exact) mass is 146 g/mol. The van der Waals surface area contributed by atoms with Crippen molar-refractivity contribution in [1.82, 2.24) is 5.01 Å². The molecule has 0 fully saturated rings. The lowest BCUT2D eigenvalue weighted by atomic mass is 11.0. The molecule has 0 radical (unpaired) electrons. The fourth-order valence-electron chi connectivity index (χ4n) is 0.198. The average Bonchev–Trinajstić information content (AvgIpc) is 1.85. The molecule has 0 atom stereocenters. The van der Waals surface area contributed by atoms with E-state index in [1.807, 2.05) is 0 Å². The molecule has 0 heterocycles. The number of ether oxygens (including phenoxy) is 1. The standard InChI is InChI=1S/C3H6N4O3/c1-7(6-9)2(4)10-3(5)8/h4H,1H3,(H2,5,8). The molecule has 0 saturated heterocycles. The molecular formula is C3H6N4O3. The van der Waals surface area contributed by atoms with Gasteiger partial charge in [0.2, 0.25) is 0 Å².